The summed E-state index contributed by atoms with van der Waals surface area (Å²) < 4.78 is 0. The highest BCUT2D eigenvalue weighted by molar-refractivity contribution is 7.98. The second-order valence-corrected chi connectivity index (χ2v) is 7.09. The Morgan fingerprint density at radius 3 is 3.00 bits per heavy atom. The smallest absolute Gasteiger partial charge is 0.232 e. The van der Waals surface area contributed by atoms with Gasteiger partial charge in [0.2, 0.25) is 5.91 Å². The van der Waals surface area contributed by atoms with Gasteiger partial charge in [-0.3, -0.25) is 14.7 Å². The normalized spacial score (nSPS) is 11.7. The van der Waals surface area contributed by atoms with Gasteiger partial charge < -0.3 is 0 Å². The molecule has 1 amide bonds. The van der Waals surface area contributed by atoms with E-state index in [9.17, 15) is 4.79 Å². The van der Waals surface area contributed by atoms with E-state index < -0.39 is 0 Å². The summed E-state index contributed by atoms with van der Waals surface area (Å²) in [6, 6.07) is 3.73. The topological polar surface area (TPSA) is 46.1 Å². The quantitative estimate of drug-likeness (QED) is 0.730. The van der Waals surface area contributed by atoms with Crippen molar-refractivity contribution in [2.24, 2.45) is 5.92 Å². The SMILES string of the molecule is C#CCN(C(=O)C(C)CSC)c1sc(-c2cccnc2)nc1Cl. The molecule has 2 aromatic rings. The van der Waals surface area contributed by atoms with E-state index in [0.717, 1.165) is 11.3 Å². The molecule has 2 aromatic heterocycles. The molecule has 0 aliphatic rings. The minimum absolute atomic E-state index is 0.0411. The highest BCUT2D eigenvalue weighted by Crippen LogP contribution is 2.38. The van der Waals surface area contributed by atoms with Gasteiger partial charge in [-0.15, -0.1) is 6.42 Å². The number of carbonyl (C=O) groups excluding carboxylic acids is 1. The van der Waals surface area contributed by atoms with Crippen LogP contribution in [0.1, 0.15) is 6.92 Å². The van der Waals surface area contributed by atoms with Crippen LogP contribution >= 0.6 is 34.7 Å². The van der Waals surface area contributed by atoms with Gasteiger partial charge in [0.1, 0.15) is 10.0 Å². The second-order valence-electron chi connectivity index (χ2n) is 4.84. The molecule has 4 nitrogen and oxygen atoms in total. The fourth-order valence-electron chi connectivity index (χ4n) is 2.00. The minimum Gasteiger partial charge on any atom is -0.289 e. The monoisotopic (exact) mass is 365 g/mol. The van der Waals surface area contributed by atoms with Gasteiger partial charge in [-0.05, 0) is 18.4 Å². The van der Waals surface area contributed by atoms with E-state index in [1.807, 2.05) is 25.3 Å². The number of pyridine rings is 1. The van der Waals surface area contributed by atoms with Gasteiger partial charge in [-0.2, -0.15) is 11.8 Å². The Balaban J connectivity index is 2.35. The molecule has 1 atom stereocenters. The fraction of sp³-hybridized carbons (Fsp3) is 0.312. The molecule has 0 aliphatic heterocycles. The Morgan fingerprint density at radius 1 is 1.61 bits per heavy atom. The van der Waals surface area contributed by atoms with Crippen LogP contribution in [0.2, 0.25) is 5.15 Å². The van der Waals surface area contributed by atoms with Crippen molar-refractivity contribution in [3.63, 3.8) is 0 Å². The number of carbonyl (C=O) groups is 1. The highest BCUT2D eigenvalue weighted by atomic mass is 35.5. The number of terminal acetylenes is 1. The van der Waals surface area contributed by atoms with Crippen molar-refractivity contribution in [3.05, 3.63) is 29.7 Å². The number of rotatable bonds is 6. The molecule has 0 N–H and O–H groups in total. The first-order valence-corrected chi connectivity index (χ1v) is 9.47. The largest absolute Gasteiger partial charge is 0.289 e. The average Bonchev–Trinajstić information content (AvgIpc) is 2.94. The van der Waals surface area contributed by atoms with Gasteiger partial charge >= 0.3 is 0 Å². The van der Waals surface area contributed by atoms with Crippen LogP contribution in [-0.4, -0.2) is 34.4 Å². The van der Waals surface area contributed by atoms with E-state index in [4.69, 9.17) is 18.0 Å². The number of hydrogen-bond donors (Lipinski definition) is 0. The summed E-state index contributed by atoms with van der Waals surface area (Å²) >= 11 is 9.23. The predicted molar refractivity (Wildman–Crippen MR) is 99.1 cm³/mol. The van der Waals surface area contributed by atoms with Crippen LogP contribution in [0.3, 0.4) is 0 Å². The average molecular weight is 366 g/mol. The zero-order valence-electron chi connectivity index (χ0n) is 12.8. The Morgan fingerprint density at radius 2 is 2.39 bits per heavy atom. The Bertz CT molecular complexity index is 712. The van der Waals surface area contributed by atoms with Gasteiger partial charge in [0, 0.05) is 29.6 Å². The van der Waals surface area contributed by atoms with Crippen LogP contribution in [0, 0.1) is 18.3 Å². The van der Waals surface area contributed by atoms with Crippen molar-refractivity contribution >= 4 is 45.6 Å². The lowest BCUT2D eigenvalue weighted by Gasteiger charge is -2.22. The number of hydrogen-bond acceptors (Lipinski definition) is 5. The summed E-state index contributed by atoms with van der Waals surface area (Å²) in [5, 5.41) is 1.58. The second kappa shape index (κ2) is 8.34. The number of amides is 1. The summed E-state index contributed by atoms with van der Waals surface area (Å²) in [7, 11) is 0. The van der Waals surface area contributed by atoms with Crippen molar-refractivity contribution in [3.8, 4) is 22.9 Å². The lowest BCUT2D eigenvalue weighted by molar-refractivity contribution is -0.121. The van der Waals surface area contributed by atoms with Crippen molar-refractivity contribution in [2.45, 2.75) is 6.92 Å². The molecular formula is C16H16ClN3OS2. The van der Waals surface area contributed by atoms with Gasteiger partial charge in [0.25, 0.3) is 0 Å². The first-order valence-electron chi connectivity index (χ1n) is 6.89. The summed E-state index contributed by atoms with van der Waals surface area (Å²) in [5.74, 6) is 3.07. The van der Waals surface area contributed by atoms with Crippen LogP contribution in [0.5, 0.6) is 0 Å². The Labute approximate surface area is 149 Å². The molecule has 0 bridgehead atoms. The lowest BCUT2D eigenvalue weighted by atomic mass is 10.2. The molecule has 7 heteroatoms. The Kier molecular flexibility index (Phi) is 6.46. The van der Waals surface area contributed by atoms with Gasteiger partial charge in [-0.1, -0.05) is 35.8 Å². The molecule has 0 saturated carbocycles. The van der Waals surface area contributed by atoms with Crippen molar-refractivity contribution in [1.29, 1.82) is 0 Å². The van der Waals surface area contributed by atoms with E-state index in [2.05, 4.69) is 15.9 Å². The number of nitrogens with zero attached hydrogens (tertiary/aromatic N) is 3. The predicted octanol–water partition coefficient (Wildman–Crippen LogP) is 3.82. The van der Waals surface area contributed by atoms with Crippen molar-refractivity contribution in [2.75, 3.05) is 23.5 Å². The van der Waals surface area contributed by atoms with Crippen LogP contribution in [0.15, 0.2) is 24.5 Å². The zero-order chi connectivity index (χ0) is 16.8. The minimum atomic E-state index is -0.140. The number of halogens is 1. The number of aromatic nitrogens is 2. The maximum Gasteiger partial charge on any atom is 0.232 e. The third kappa shape index (κ3) is 4.25. The number of thioether (sulfide) groups is 1. The summed E-state index contributed by atoms with van der Waals surface area (Å²) in [5.41, 5.74) is 0.857. The maximum atomic E-state index is 12.6. The summed E-state index contributed by atoms with van der Waals surface area (Å²) in [6.07, 6.45) is 10.8. The van der Waals surface area contributed by atoms with E-state index >= 15 is 0 Å². The molecule has 0 radical (unpaired) electrons. The third-order valence-corrected chi connectivity index (χ3v) is 5.41. The highest BCUT2D eigenvalue weighted by Gasteiger charge is 2.25. The molecule has 2 heterocycles. The molecule has 0 aliphatic carbocycles. The molecular weight excluding hydrogens is 350 g/mol. The summed E-state index contributed by atoms with van der Waals surface area (Å²) in [4.78, 5) is 22.6. The van der Waals surface area contributed by atoms with Crippen molar-refractivity contribution in [1.82, 2.24) is 9.97 Å². The fourth-order valence-corrected chi connectivity index (χ4v) is 3.95. The number of thiazole rings is 1. The molecule has 0 aromatic carbocycles. The van der Waals surface area contributed by atoms with E-state index in [1.165, 1.54) is 11.3 Å². The standard InChI is InChI=1S/C16H16ClN3OS2/c1-4-8-20(15(21)11(2)10-22-3)16-13(17)19-14(23-16)12-6-5-7-18-9-12/h1,5-7,9,11H,8,10H2,2-3H3. The van der Waals surface area contributed by atoms with Crippen molar-refractivity contribution < 1.29 is 4.79 Å². The first-order chi connectivity index (χ1) is 11.1. The molecule has 1 unspecified atom stereocenters. The molecule has 23 heavy (non-hydrogen) atoms. The number of anilines is 1. The van der Waals surface area contributed by atoms with Gasteiger partial charge in [0.15, 0.2) is 5.15 Å². The first kappa shape index (κ1) is 17.8. The molecule has 120 valence electrons. The van der Waals surface area contributed by atoms with Gasteiger partial charge in [-0.25, -0.2) is 4.98 Å². The van der Waals surface area contributed by atoms with E-state index in [0.29, 0.717) is 10.0 Å². The molecule has 0 spiro atoms. The van der Waals surface area contributed by atoms with Gasteiger partial charge in [0.05, 0.1) is 6.54 Å². The summed E-state index contributed by atoms with van der Waals surface area (Å²) in [6.45, 7) is 2.06. The van der Waals surface area contributed by atoms with Crippen LogP contribution in [-0.2, 0) is 4.79 Å². The Hall–Kier alpha value is -1.55. The van der Waals surface area contributed by atoms with E-state index in [1.54, 1.807) is 29.1 Å². The maximum absolute atomic E-state index is 12.6. The third-order valence-electron chi connectivity index (χ3n) is 3.08. The molecule has 0 fully saturated rings. The molecule has 2 rings (SSSR count). The van der Waals surface area contributed by atoms with Crippen LogP contribution in [0.25, 0.3) is 10.6 Å². The zero-order valence-corrected chi connectivity index (χ0v) is 15.2. The van der Waals surface area contributed by atoms with Crippen LogP contribution < -0.4 is 4.90 Å². The van der Waals surface area contributed by atoms with Crippen LogP contribution in [0.4, 0.5) is 5.00 Å². The van der Waals surface area contributed by atoms with E-state index in [-0.39, 0.29) is 23.5 Å². The lowest BCUT2D eigenvalue weighted by Crippen LogP contribution is -2.36. The molecule has 0 saturated heterocycles.